The number of fused-ring (bicyclic) bond motifs is 1. The summed E-state index contributed by atoms with van der Waals surface area (Å²) in [6, 6.07) is 8.06. The number of aryl methyl sites for hydroxylation is 1. The molecule has 2 N–H and O–H groups in total. The molecule has 2 rings (SSSR count). The van der Waals surface area contributed by atoms with Gasteiger partial charge in [0, 0.05) is 6.54 Å². The number of amides is 1. The molecule has 0 radical (unpaired) electrons. The van der Waals surface area contributed by atoms with Gasteiger partial charge in [0.25, 0.3) is 0 Å². The third kappa shape index (κ3) is 4.09. The molecular weight excluding hydrogens is 278 g/mol. The van der Waals surface area contributed by atoms with E-state index in [0.29, 0.717) is 12.3 Å². The molecule has 1 aromatic carbocycles. The van der Waals surface area contributed by atoms with Crippen molar-refractivity contribution in [1.29, 1.82) is 0 Å². The van der Waals surface area contributed by atoms with Crippen LogP contribution in [0.15, 0.2) is 24.3 Å². The standard InChI is InChI=1S/C18H25NO3/c1-12(2)10-14(18(21)22)11-19-17(20)16-9-5-7-13-6-3-4-8-15(13)16/h3-4,6,8,12,14,16H,5,7,9-11H2,1-2H3,(H,19,20)(H,21,22). The monoisotopic (exact) mass is 303 g/mol. The van der Waals surface area contributed by atoms with E-state index in [2.05, 4.69) is 11.4 Å². The van der Waals surface area contributed by atoms with Crippen LogP contribution in [-0.4, -0.2) is 23.5 Å². The van der Waals surface area contributed by atoms with Crippen LogP contribution in [0.3, 0.4) is 0 Å². The number of aliphatic carboxylic acids is 1. The molecule has 1 amide bonds. The Morgan fingerprint density at radius 3 is 2.73 bits per heavy atom. The van der Waals surface area contributed by atoms with Crippen molar-refractivity contribution in [2.45, 2.75) is 45.4 Å². The smallest absolute Gasteiger partial charge is 0.308 e. The van der Waals surface area contributed by atoms with Crippen molar-refractivity contribution in [2.24, 2.45) is 11.8 Å². The van der Waals surface area contributed by atoms with Gasteiger partial charge in [0.05, 0.1) is 11.8 Å². The number of hydrogen-bond donors (Lipinski definition) is 2. The number of carbonyl (C=O) groups excluding carboxylic acids is 1. The predicted molar refractivity (Wildman–Crippen MR) is 85.7 cm³/mol. The highest BCUT2D eigenvalue weighted by atomic mass is 16.4. The minimum absolute atomic E-state index is 0.0397. The topological polar surface area (TPSA) is 66.4 Å². The summed E-state index contributed by atoms with van der Waals surface area (Å²) in [7, 11) is 0. The summed E-state index contributed by atoms with van der Waals surface area (Å²) in [5, 5.41) is 12.1. The minimum Gasteiger partial charge on any atom is -0.481 e. The van der Waals surface area contributed by atoms with Crippen molar-refractivity contribution in [3.8, 4) is 0 Å². The number of carbonyl (C=O) groups is 2. The lowest BCUT2D eigenvalue weighted by Crippen LogP contribution is -2.37. The second kappa shape index (κ2) is 7.43. The van der Waals surface area contributed by atoms with Crippen LogP contribution in [-0.2, 0) is 16.0 Å². The van der Waals surface area contributed by atoms with Crippen LogP contribution < -0.4 is 5.32 Å². The molecule has 1 aliphatic rings. The molecule has 0 aromatic heterocycles. The molecule has 0 bridgehead atoms. The fourth-order valence-corrected chi connectivity index (χ4v) is 3.21. The number of carboxylic acid groups (broad SMARTS) is 1. The van der Waals surface area contributed by atoms with Crippen molar-refractivity contribution in [3.63, 3.8) is 0 Å². The first-order chi connectivity index (χ1) is 10.5. The normalized spacial score (nSPS) is 18.6. The minimum atomic E-state index is -0.835. The molecule has 0 aliphatic heterocycles. The maximum absolute atomic E-state index is 12.5. The number of nitrogens with one attached hydrogen (secondary N) is 1. The maximum atomic E-state index is 12.5. The van der Waals surface area contributed by atoms with Gasteiger partial charge in [-0.2, -0.15) is 0 Å². The van der Waals surface area contributed by atoms with Crippen LogP contribution in [0.5, 0.6) is 0 Å². The Morgan fingerprint density at radius 2 is 2.05 bits per heavy atom. The molecule has 22 heavy (non-hydrogen) atoms. The Kier molecular flexibility index (Phi) is 5.58. The number of carboxylic acids is 1. The number of benzene rings is 1. The van der Waals surface area contributed by atoms with E-state index in [0.717, 1.165) is 24.8 Å². The summed E-state index contributed by atoms with van der Waals surface area (Å²) in [6.07, 6.45) is 3.44. The van der Waals surface area contributed by atoms with Crippen LogP contribution in [0.25, 0.3) is 0 Å². The summed E-state index contributed by atoms with van der Waals surface area (Å²) in [6.45, 7) is 4.20. The first-order valence-corrected chi connectivity index (χ1v) is 8.07. The van der Waals surface area contributed by atoms with Crippen LogP contribution in [0.2, 0.25) is 0 Å². The van der Waals surface area contributed by atoms with Gasteiger partial charge in [-0.15, -0.1) is 0 Å². The highest BCUT2D eigenvalue weighted by Gasteiger charge is 2.27. The third-order valence-electron chi connectivity index (χ3n) is 4.31. The van der Waals surface area contributed by atoms with Gasteiger partial charge in [0.15, 0.2) is 0 Å². The van der Waals surface area contributed by atoms with E-state index >= 15 is 0 Å². The molecule has 1 aliphatic carbocycles. The Morgan fingerprint density at radius 1 is 1.32 bits per heavy atom. The second-order valence-electron chi connectivity index (χ2n) is 6.55. The molecule has 2 unspecified atom stereocenters. The first-order valence-electron chi connectivity index (χ1n) is 8.07. The summed E-state index contributed by atoms with van der Waals surface area (Å²) in [4.78, 5) is 23.7. The van der Waals surface area contributed by atoms with E-state index in [9.17, 15) is 14.7 Å². The molecule has 120 valence electrons. The van der Waals surface area contributed by atoms with E-state index < -0.39 is 11.9 Å². The summed E-state index contributed by atoms with van der Waals surface area (Å²) in [5.41, 5.74) is 2.34. The molecule has 1 aromatic rings. The van der Waals surface area contributed by atoms with Crippen molar-refractivity contribution in [2.75, 3.05) is 6.54 Å². The van der Waals surface area contributed by atoms with Gasteiger partial charge in [-0.1, -0.05) is 38.1 Å². The fourth-order valence-electron chi connectivity index (χ4n) is 3.21. The predicted octanol–water partition coefficient (Wildman–Crippen LogP) is 2.97. The van der Waals surface area contributed by atoms with Gasteiger partial charge in [-0.25, -0.2) is 0 Å². The zero-order valence-electron chi connectivity index (χ0n) is 13.3. The lowest BCUT2D eigenvalue weighted by atomic mass is 9.82. The average Bonchev–Trinajstić information content (AvgIpc) is 2.50. The average molecular weight is 303 g/mol. The van der Waals surface area contributed by atoms with E-state index in [-0.39, 0.29) is 18.4 Å². The van der Waals surface area contributed by atoms with Gasteiger partial charge in [-0.05, 0) is 42.7 Å². The van der Waals surface area contributed by atoms with E-state index in [1.54, 1.807) is 0 Å². The SMILES string of the molecule is CC(C)CC(CNC(=O)C1CCCc2ccccc21)C(=O)O. The van der Waals surface area contributed by atoms with Crippen LogP contribution in [0, 0.1) is 11.8 Å². The molecule has 0 heterocycles. The Labute approximate surface area is 131 Å². The molecule has 0 spiro atoms. The van der Waals surface area contributed by atoms with E-state index in [1.165, 1.54) is 5.56 Å². The third-order valence-corrected chi connectivity index (χ3v) is 4.31. The van der Waals surface area contributed by atoms with Gasteiger partial charge < -0.3 is 10.4 Å². The summed E-state index contributed by atoms with van der Waals surface area (Å²) < 4.78 is 0. The van der Waals surface area contributed by atoms with Crippen LogP contribution in [0.1, 0.15) is 50.2 Å². The summed E-state index contributed by atoms with van der Waals surface area (Å²) in [5.74, 6) is -1.23. The molecule has 0 saturated carbocycles. The van der Waals surface area contributed by atoms with Gasteiger partial charge >= 0.3 is 5.97 Å². The molecule has 0 saturated heterocycles. The fraction of sp³-hybridized carbons (Fsp3) is 0.556. The highest BCUT2D eigenvalue weighted by Crippen LogP contribution is 2.31. The van der Waals surface area contributed by atoms with Crippen molar-refractivity contribution in [3.05, 3.63) is 35.4 Å². The Hall–Kier alpha value is -1.84. The largest absolute Gasteiger partial charge is 0.481 e. The van der Waals surface area contributed by atoms with Gasteiger partial charge in [-0.3, -0.25) is 9.59 Å². The zero-order valence-corrected chi connectivity index (χ0v) is 13.3. The quantitative estimate of drug-likeness (QED) is 0.849. The van der Waals surface area contributed by atoms with Crippen LogP contribution >= 0.6 is 0 Å². The van der Waals surface area contributed by atoms with Gasteiger partial charge in [0.1, 0.15) is 0 Å². The molecule has 0 fully saturated rings. The van der Waals surface area contributed by atoms with Crippen molar-refractivity contribution >= 4 is 11.9 Å². The van der Waals surface area contributed by atoms with Gasteiger partial charge in [0.2, 0.25) is 5.91 Å². The lowest BCUT2D eigenvalue weighted by molar-refractivity contribution is -0.142. The van der Waals surface area contributed by atoms with Crippen LogP contribution in [0.4, 0.5) is 0 Å². The zero-order chi connectivity index (χ0) is 16.1. The number of rotatable bonds is 6. The van der Waals surface area contributed by atoms with E-state index in [1.807, 2.05) is 32.0 Å². The van der Waals surface area contributed by atoms with E-state index in [4.69, 9.17) is 0 Å². The molecule has 4 heteroatoms. The Balaban J connectivity index is 1.99. The van der Waals surface area contributed by atoms with Crippen molar-refractivity contribution in [1.82, 2.24) is 5.32 Å². The first kappa shape index (κ1) is 16.5. The molecule has 2 atom stereocenters. The highest BCUT2D eigenvalue weighted by molar-refractivity contribution is 5.84. The molecule has 4 nitrogen and oxygen atoms in total. The lowest BCUT2D eigenvalue weighted by Gasteiger charge is -2.25. The van der Waals surface area contributed by atoms with Crippen molar-refractivity contribution < 1.29 is 14.7 Å². The molecular formula is C18H25NO3. The number of hydrogen-bond acceptors (Lipinski definition) is 2. The maximum Gasteiger partial charge on any atom is 0.308 e. The Bertz CT molecular complexity index is 539. The second-order valence-corrected chi connectivity index (χ2v) is 6.55. The summed E-state index contributed by atoms with van der Waals surface area (Å²) >= 11 is 0.